The van der Waals surface area contributed by atoms with Gasteiger partial charge in [-0.3, -0.25) is 0 Å². The van der Waals surface area contributed by atoms with Gasteiger partial charge in [0.25, 0.3) is 0 Å². The molecule has 0 spiro atoms. The van der Waals surface area contributed by atoms with Crippen molar-refractivity contribution in [2.75, 3.05) is 23.3 Å². The summed E-state index contributed by atoms with van der Waals surface area (Å²) >= 11 is 12.3. The molecule has 0 amide bonds. The number of aryl methyl sites for hydroxylation is 1. The Labute approximate surface area is 146 Å². The second-order valence-corrected chi connectivity index (χ2v) is 6.90. The smallest absolute Gasteiger partial charge is 0.227 e. The molecule has 1 fully saturated rings. The fraction of sp³-hybridized carbons (Fsp3) is 0.412. The van der Waals surface area contributed by atoms with Gasteiger partial charge in [-0.15, -0.1) is 0 Å². The molecule has 23 heavy (non-hydrogen) atoms. The Bertz CT molecular complexity index is 705. The van der Waals surface area contributed by atoms with Crippen molar-refractivity contribution in [2.24, 2.45) is 5.92 Å². The van der Waals surface area contributed by atoms with E-state index in [0.717, 1.165) is 36.2 Å². The van der Waals surface area contributed by atoms with Crippen LogP contribution in [0.4, 0.5) is 17.5 Å². The van der Waals surface area contributed by atoms with E-state index in [-0.39, 0.29) is 0 Å². The maximum absolute atomic E-state index is 6.24. The van der Waals surface area contributed by atoms with E-state index in [0.29, 0.717) is 16.0 Å². The highest BCUT2D eigenvalue weighted by Crippen LogP contribution is 2.32. The van der Waals surface area contributed by atoms with Gasteiger partial charge in [0.15, 0.2) is 0 Å². The summed E-state index contributed by atoms with van der Waals surface area (Å²) in [6.45, 7) is 6.25. The lowest BCUT2D eigenvalue weighted by molar-refractivity contribution is 0.442. The van der Waals surface area contributed by atoms with E-state index in [4.69, 9.17) is 23.2 Å². The van der Waals surface area contributed by atoms with Gasteiger partial charge in [0.1, 0.15) is 5.82 Å². The van der Waals surface area contributed by atoms with Crippen LogP contribution in [0.15, 0.2) is 24.3 Å². The molecule has 1 atom stereocenters. The lowest BCUT2D eigenvalue weighted by Crippen LogP contribution is -2.35. The number of hydrogen-bond donors (Lipinski definition) is 1. The van der Waals surface area contributed by atoms with Crippen LogP contribution in [0.3, 0.4) is 0 Å². The number of benzene rings is 1. The van der Waals surface area contributed by atoms with Crippen molar-refractivity contribution in [3.05, 3.63) is 40.0 Å². The molecule has 122 valence electrons. The Balaban J connectivity index is 1.87. The molecule has 1 aliphatic rings. The van der Waals surface area contributed by atoms with Gasteiger partial charge in [-0.1, -0.05) is 36.2 Å². The number of rotatable bonds is 3. The lowest BCUT2D eigenvalue weighted by Gasteiger charge is -2.31. The van der Waals surface area contributed by atoms with Gasteiger partial charge in [0.2, 0.25) is 5.95 Å². The van der Waals surface area contributed by atoms with Crippen molar-refractivity contribution in [3.8, 4) is 0 Å². The van der Waals surface area contributed by atoms with Gasteiger partial charge >= 0.3 is 0 Å². The molecule has 1 unspecified atom stereocenters. The molecule has 1 aliphatic heterocycles. The van der Waals surface area contributed by atoms with Crippen LogP contribution in [0.1, 0.15) is 25.5 Å². The SMILES string of the molecule is Cc1cc(Nc2cccc(Cl)c2Cl)nc(N2CCCC(C)C2)n1. The van der Waals surface area contributed by atoms with E-state index in [1.54, 1.807) is 6.07 Å². The summed E-state index contributed by atoms with van der Waals surface area (Å²) in [6.07, 6.45) is 2.45. The zero-order valence-corrected chi connectivity index (χ0v) is 14.8. The second-order valence-electron chi connectivity index (χ2n) is 6.11. The van der Waals surface area contributed by atoms with E-state index in [1.807, 2.05) is 25.1 Å². The fourth-order valence-electron chi connectivity index (χ4n) is 2.87. The Kier molecular flexibility index (Phi) is 4.93. The predicted molar refractivity (Wildman–Crippen MR) is 97.1 cm³/mol. The summed E-state index contributed by atoms with van der Waals surface area (Å²) in [5.41, 5.74) is 1.67. The highest BCUT2D eigenvalue weighted by atomic mass is 35.5. The molecule has 1 aromatic carbocycles. The first-order chi connectivity index (χ1) is 11.0. The number of aromatic nitrogens is 2. The maximum Gasteiger partial charge on any atom is 0.227 e. The minimum Gasteiger partial charge on any atom is -0.340 e. The molecule has 0 radical (unpaired) electrons. The molecule has 6 heteroatoms. The molecule has 2 aromatic rings. The zero-order chi connectivity index (χ0) is 16.4. The lowest BCUT2D eigenvalue weighted by atomic mass is 10.0. The minimum atomic E-state index is 0.499. The predicted octanol–water partition coefficient (Wildman–Crippen LogP) is 5.07. The van der Waals surface area contributed by atoms with Crippen molar-refractivity contribution in [2.45, 2.75) is 26.7 Å². The van der Waals surface area contributed by atoms with Crippen molar-refractivity contribution in [1.82, 2.24) is 9.97 Å². The van der Waals surface area contributed by atoms with Crippen LogP contribution in [0, 0.1) is 12.8 Å². The Morgan fingerprint density at radius 1 is 1.26 bits per heavy atom. The molecule has 0 aliphatic carbocycles. The second kappa shape index (κ2) is 6.93. The first-order valence-electron chi connectivity index (χ1n) is 7.84. The fourth-order valence-corrected chi connectivity index (χ4v) is 3.22. The summed E-state index contributed by atoms with van der Waals surface area (Å²) in [4.78, 5) is 11.5. The van der Waals surface area contributed by atoms with E-state index in [9.17, 15) is 0 Å². The molecule has 1 N–H and O–H groups in total. The first-order valence-corrected chi connectivity index (χ1v) is 8.60. The summed E-state index contributed by atoms with van der Waals surface area (Å²) in [5, 5.41) is 4.27. The number of halogens is 2. The third-order valence-electron chi connectivity index (χ3n) is 4.00. The van der Waals surface area contributed by atoms with Crippen LogP contribution in [0.25, 0.3) is 0 Å². The Morgan fingerprint density at radius 2 is 2.09 bits per heavy atom. The van der Waals surface area contributed by atoms with Gasteiger partial charge in [-0.25, -0.2) is 4.98 Å². The molecule has 4 nitrogen and oxygen atoms in total. The quantitative estimate of drug-likeness (QED) is 0.838. The van der Waals surface area contributed by atoms with Crippen molar-refractivity contribution < 1.29 is 0 Å². The van der Waals surface area contributed by atoms with Crippen molar-refractivity contribution >= 4 is 40.7 Å². The number of nitrogens with zero attached hydrogens (tertiary/aromatic N) is 3. The number of anilines is 3. The van der Waals surface area contributed by atoms with Gasteiger partial charge < -0.3 is 10.2 Å². The third-order valence-corrected chi connectivity index (χ3v) is 4.82. The van der Waals surface area contributed by atoms with Crippen LogP contribution < -0.4 is 10.2 Å². The van der Waals surface area contributed by atoms with E-state index in [1.165, 1.54) is 12.8 Å². The van der Waals surface area contributed by atoms with Gasteiger partial charge in [-0.05, 0) is 37.8 Å². The summed E-state index contributed by atoms with van der Waals surface area (Å²) in [6, 6.07) is 7.42. The van der Waals surface area contributed by atoms with Gasteiger partial charge in [0, 0.05) is 24.8 Å². The van der Waals surface area contributed by atoms with E-state index >= 15 is 0 Å². The molecule has 3 rings (SSSR count). The van der Waals surface area contributed by atoms with Crippen LogP contribution in [-0.4, -0.2) is 23.1 Å². The maximum atomic E-state index is 6.24. The van der Waals surface area contributed by atoms with Gasteiger partial charge in [-0.2, -0.15) is 4.98 Å². The highest BCUT2D eigenvalue weighted by Gasteiger charge is 2.19. The van der Waals surface area contributed by atoms with Crippen molar-refractivity contribution in [1.29, 1.82) is 0 Å². The Morgan fingerprint density at radius 3 is 2.87 bits per heavy atom. The number of hydrogen-bond acceptors (Lipinski definition) is 4. The third kappa shape index (κ3) is 3.88. The zero-order valence-electron chi connectivity index (χ0n) is 13.3. The van der Waals surface area contributed by atoms with E-state index in [2.05, 4.69) is 27.1 Å². The van der Waals surface area contributed by atoms with Crippen LogP contribution in [0.2, 0.25) is 10.0 Å². The average Bonchev–Trinajstić information content (AvgIpc) is 2.51. The molecule has 0 bridgehead atoms. The number of piperidine rings is 1. The van der Waals surface area contributed by atoms with Gasteiger partial charge in [0.05, 0.1) is 15.7 Å². The van der Waals surface area contributed by atoms with E-state index < -0.39 is 0 Å². The first kappa shape index (κ1) is 16.3. The molecule has 2 heterocycles. The molecular formula is C17H20Cl2N4. The number of nitrogens with one attached hydrogen (secondary N) is 1. The summed E-state index contributed by atoms with van der Waals surface area (Å²) < 4.78 is 0. The summed E-state index contributed by atoms with van der Waals surface area (Å²) in [5.74, 6) is 2.18. The topological polar surface area (TPSA) is 41.1 Å². The normalized spacial score (nSPS) is 18.1. The molecular weight excluding hydrogens is 331 g/mol. The molecule has 0 saturated carbocycles. The van der Waals surface area contributed by atoms with Crippen molar-refractivity contribution in [3.63, 3.8) is 0 Å². The Hall–Kier alpha value is -1.52. The van der Waals surface area contributed by atoms with Crippen LogP contribution in [0.5, 0.6) is 0 Å². The minimum absolute atomic E-state index is 0.499. The average molecular weight is 351 g/mol. The molecule has 1 saturated heterocycles. The van der Waals surface area contributed by atoms with Crippen LogP contribution >= 0.6 is 23.2 Å². The standard InChI is InChI=1S/C17H20Cl2N4/c1-11-5-4-8-23(10-11)17-20-12(2)9-15(22-17)21-14-7-3-6-13(18)16(14)19/h3,6-7,9,11H,4-5,8,10H2,1-2H3,(H,20,21,22). The summed E-state index contributed by atoms with van der Waals surface area (Å²) in [7, 11) is 0. The molecule has 1 aromatic heterocycles. The van der Waals surface area contributed by atoms with Crippen LogP contribution in [-0.2, 0) is 0 Å². The monoisotopic (exact) mass is 350 g/mol. The highest BCUT2D eigenvalue weighted by molar-refractivity contribution is 6.43. The largest absolute Gasteiger partial charge is 0.340 e.